The normalized spacial score (nSPS) is 16.7. The van der Waals surface area contributed by atoms with Gasteiger partial charge >= 0.3 is 0 Å². The summed E-state index contributed by atoms with van der Waals surface area (Å²) in [5, 5.41) is 13.6. The molecule has 0 spiro atoms. The van der Waals surface area contributed by atoms with Crippen LogP contribution < -0.4 is 9.80 Å². The fraction of sp³-hybridized carbons (Fsp3) is 0.579. The lowest BCUT2D eigenvalue weighted by Crippen LogP contribution is -3.15. The molecule has 0 unspecified atom stereocenters. The minimum atomic E-state index is 0.328. The van der Waals surface area contributed by atoms with E-state index in [-0.39, 0.29) is 0 Å². The van der Waals surface area contributed by atoms with Crippen LogP contribution in [0.4, 0.5) is 5.13 Å². The summed E-state index contributed by atoms with van der Waals surface area (Å²) in [6, 6.07) is 8.70. The van der Waals surface area contributed by atoms with Crippen LogP contribution in [0.25, 0.3) is 10.2 Å². The molecule has 1 aliphatic rings. The van der Waals surface area contributed by atoms with Gasteiger partial charge in [-0.05, 0) is 22.6 Å². The number of quaternary nitrogens is 1. The lowest BCUT2D eigenvalue weighted by atomic mass is 10.1. The fourth-order valence-electron chi connectivity index (χ4n) is 3.93. The minimum Gasteiger partial charge on any atom is -0.383 e. The van der Waals surface area contributed by atoms with Gasteiger partial charge in [-0.15, -0.1) is 5.10 Å². The first kappa shape index (κ1) is 19.2. The Bertz CT molecular complexity index is 854. The molecule has 1 aromatic carbocycles. The van der Waals surface area contributed by atoms with Gasteiger partial charge in [-0.2, -0.15) is 0 Å². The Kier molecular flexibility index (Phi) is 6.13. The number of aromatic nitrogens is 5. The van der Waals surface area contributed by atoms with Crippen molar-refractivity contribution in [3.8, 4) is 0 Å². The molecule has 28 heavy (non-hydrogen) atoms. The first-order chi connectivity index (χ1) is 13.8. The van der Waals surface area contributed by atoms with Crippen LogP contribution in [0.3, 0.4) is 0 Å². The van der Waals surface area contributed by atoms with Crippen LogP contribution in [0, 0.1) is 0 Å². The molecule has 0 saturated carbocycles. The largest absolute Gasteiger partial charge is 0.383 e. The number of hydrogen-bond donors (Lipinski definition) is 1. The number of nitrogens with one attached hydrogen (secondary N) is 1. The van der Waals surface area contributed by atoms with Gasteiger partial charge in [-0.1, -0.05) is 36.8 Å². The standard InChI is InChI=1S/C19H27N7OS/c1-3-6-16(18-21-22-23-26(18)13-14-27-2)24-9-11-25(12-10-24)19-20-15-7-4-5-8-17(15)28-19/h4-5,7-8,16H,3,6,9-14H2,1-2H3/p+1/t16-/m1/s1. The van der Waals surface area contributed by atoms with Crippen molar-refractivity contribution in [2.75, 3.05) is 44.8 Å². The molecule has 1 fully saturated rings. The highest BCUT2D eigenvalue weighted by molar-refractivity contribution is 7.22. The molecular formula is C19H28N7OS+. The number of rotatable bonds is 8. The second-order valence-corrected chi connectivity index (χ2v) is 8.21. The molecule has 8 nitrogen and oxygen atoms in total. The van der Waals surface area contributed by atoms with E-state index < -0.39 is 0 Å². The van der Waals surface area contributed by atoms with E-state index in [4.69, 9.17) is 9.72 Å². The third kappa shape index (κ3) is 4.01. The molecule has 3 aromatic rings. The molecule has 1 N–H and O–H groups in total. The first-order valence-corrected chi connectivity index (χ1v) is 10.8. The van der Waals surface area contributed by atoms with E-state index in [1.165, 1.54) is 4.70 Å². The molecule has 150 valence electrons. The van der Waals surface area contributed by atoms with E-state index in [0.29, 0.717) is 19.2 Å². The van der Waals surface area contributed by atoms with Gasteiger partial charge in [0.2, 0.25) is 5.82 Å². The highest BCUT2D eigenvalue weighted by Gasteiger charge is 2.32. The lowest BCUT2D eigenvalue weighted by Gasteiger charge is -2.35. The molecule has 0 radical (unpaired) electrons. The number of para-hydroxylation sites is 1. The van der Waals surface area contributed by atoms with E-state index >= 15 is 0 Å². The van der Waals surface area contributed by atoms with Gasteiger partial charge < -0.3 is 14.5 Å². The topological polar surface area (TPSA) is 73.4 Å². The van der Waals surface area contributed by atoms with Gasteiger partial charge in [-0.3, -0.25) is 0 Å². The molecule has 1 aliphatic heterocycles. The number of anilines is 1. The van der Waals surface area contributed by atoms with Crippen molar-refractivity contribution in [2.24, 2.45) is 0 Å². The van der Waals surface area contributed by atoms with Crippen molar-refractivity contribution in [2.45, 2.75) is 32.4 Å². The zero-order chi connectivity index (χ0) is 19.3. The van der Waals surface area contributed by atoms with Crippen LogP contribution in [0.1, 0.15) is 31.6 Å². The Labute approximate surface area is 169 Å². The van der Waals surface area contributed by atoms with Crippen LogP contribution in [0.15, 0.2) is 24.3 Å². The summed E-state index contributed by atoms with van der Waals surface area (Å²) < 4.78 is 8.38. The van der Waals surface area contributed by atoms with E-state index in [9.17, 15) is 0 Å². The Morgan fingerprint density at radius 1 is 1.25 bits per heavy atom. The molecule has 0 bridgehead atoms. The van der Waals surface area contributed by atoms with Crippen LogP contribution in [-0.4, -0.2) is 65.1 Å². The fourth-order valence-corrected chi connectivity index (χ4v) is 4.95. The number of ether oxygens (including phenoxy) is 1. The number of piperazine rings is 1. The number of hydrogen-bond acceptors (Lipinski definition) is 7. The molecule has 1 saturated heterocycles. The maximum atomic E-state index is 5.21. The third-order valence-electron chi connectivity index (χ3n) is 5.41. The van der Waals surface area contributed by atoms with Crippen molar-refractivity contribution in [1.82, 2.24) is 25.2 Å². The number of thiazole rings is 1. The van der Waals surface area contributed by atoms with Crippen molar-refractivity contribution in [1.29, 1.82) is 0 Å². The summed E-state index contributed by atoms with van der Waals surface area (Å²) in [5.74, 6) is 0.988. The second-order valence-electron chi connectivity index (χ2n) is 7.20. The molecule has 9 heteroatoms. The molecular weight excluding hydrogens is 374 g/mol. The smallest absolute Gasteiger partial charge is 0.209 e. The Morgan fingerprint density at radius 2 is 2.07 bits per heavy atom. The van der Waals surface area contributed by atoms with Gasteiger partial charge in [0, 0.05) is 13.5 Å². The number of fused-ring (bicyclic) bond motifs is 1. The summed E-state index contributed by atoms with van der Waals surface area (Å²) in [5.41, 5.74) is 1.10. The highest BCUT2D eigenvalue weighted by atomic mass is 32.1. The lowest BCUT2D eigenvalue weighted by molar-refractivity contribution is -0.933. The molecule has 1 atom stereocenters. The Morgan fingerprint density at radius 3 is 2.82 bits per heavy atom. The van der Waals surface area contributed by atoms with E-state index in [2.05, 4.69) is 51.6 Å². The van der Waals surface area contributed by atoms with Crippen LogP contribution >= 0.6 is 11.3 Å². The second kappa shape index (κ2) is 8.93. The average molecular weight is 403 g/mol. The van der Waals surface area contributed by atoms with Crippen molar-refractivity contribution >= 4 is 26.7 Å². The Balaban J connectivity index is 1.45. The summed E-state index contributed by atoms with van der Waals surface area (Å²) in [7, 11) is 1.71. The van der Waals surface area contributed by atoms with E-state index in [1.807, 2.05) is 4.68 Å². The number of nitrogens with zero attached hydrogens (tertiary/aromatic N) is 6. The Hall–Kier alpha value is -2.10. The van der Waals surface area contributed by atoms with E-state index in [0.717, 1.165) is 55.5 Å². The summed E-state index contributed by atoms with van der Waals surface area (Å²) in [6.45, 7) is 7.70. The maximum Gasteiger partial charge on any atom is 0.209 e. The van der Waals surface area contributed by atoms with Crippen LogP contribution in [0.5, 0.6) is 0 Å². The predicted octanol–water partition coefficient (Wildman–Crippen LogP) is 1.18. The zero-order valence-corrected chi connectivity index (χ0v) is 17.4. The zero-order valence-electron chi connectivity index (χ0n) is 16.5. The molecule has 0 aliphatic carbocycles. The third-order valence-corrected chi connectivity index (χ3v) is 6.50. The number of methoxy groups -OCH3 is 1. The first-order valence-electron chi connectivity index (χ1n) is 10.00. The molecule has 2 aromatic heterocycles. The van der Waals surface area contributed by atoms with E-state index in [1.54, 1.807) is 23.3 Å². The number of tetrazole rings is 1. The molecule has 4 rings (SSSR count). The molecule has 0 amide bonds. The van der Waals surface area contributed by atoms with Crippen molar-refractivity contribution in [3.05, 3.63) is 30.1 Å². The van der Waals surface area contributed by atoms with Crippen LogP contribution in [0.2, 0.25) is 0 Å². The van der Waals surface area contributed by atoms with Crippen molar-refractivity contribution in [3.63, 3.8) is 0 Å². The van der Waals surface area contributed by atoms with Gasteiger partial charge in [0.05, 0.1) is 49.5 Å². The monoisotopic (exact) mass is 402 g/mol. The molecule has 3 heterocycles. The average Bonchev–Trinajstić information content (AvgIpc) is 3.37. The van der Waals surface area contributed by atoms with Gasteiger partial charge in [0.25, 0.3) is 0 Å². The summed E-state index contributed by atoms with van der Waals surface area (Å²) in [6.07, 6.45) is 2.21. The quantitative estimate of drug-likeness (QED) is 0.610. The maximum absolute atomic E-state index is 5.21. The van der Waals surface area contributed by atoms with Gasteiger partial charge in [0.1, 0.15) is 6.04 Å². The van der Waals surface area contributed by atoms with Crippen molar-refractivity contribution < 1.29 is 9.64 Å². The SMILES string of the molecule is CCC[C@H](c1nnnn1CCOC)[NH+]1CCN(c2nc3ccccc3s2)CC1. The highest BCUT2D eigenvalue weighted by Crippen LogP contribution is 2.28. The number of benzene rings is 1. The van der Waals surface area contributed by atoms with Gasteiger partial charge in [0.15, 0.2) is 5.13 Å². The van der Waals surface area contributed by atoms with Crippen LogP contribution in [-0.2, 0) is 11.3 Å². The summed E-state index contributed by atoms with van der Waals surface area (Å²) in [4.78, 5) is 8.81. The summed E-state index contributed by atoms with van der Waals surface area (Å²) >= 11 is 1.79. The minimum absolute atomic E-state index is 0.328. The predicted molar refractivity (Wildman–Crippen MR) is 110 cm³/mol. The van der Waals surface area contributed by atoms with Gasteiger partial charge in [-0.25, -0.2) is 9.67 Å².